The van der Waals surface area contributed by atoms with E-state index in [9.17, 15) is 33.6 Å². The number of phosphoric ester groups is 2. The number of rotatable bonds is 31. The van der Waals surface area contributed by atoms with Crippen molar-refractivity contribution in [3.8, 4) is 11.5 Å². The van der Waals surface area contributed by atoms with E-state index >= 15 is 0 Å². The summed E-state index contributed by atoms with van der Waals surface area (Å²) in [6.07, 6.45) is 8.95. The average molecular weight is 1390 g/mol. The number of aromatic nitrogens is 12. The Morgan fingerprint density at radius 3 is 1.55 bits per heavy atom. The number of phosphoric acid groups is 2. The number of benzene rings is 1. The Hall–Kier alpha value is -6.93. The minimum absolute atomic E-state index is 0.0236. The zero-order chi connectivity index (χ0) is 69.1. The Bertz CT molecular complexity index is 4040. The van der Waals surface area contributed by atoms with Crippen LogP contribution < -0.4 is 26.7 Å². The van der Waals surface area contributed by atoms with Crippen LogP contribution in [0.25, 0.3) is 33.5 Å². The molecule has 0 amide bonds. The first-order valence-electron chi connectivity index (χ1n) is 33.2. The number of nitrogens with two attached hydrogens (primary N) is 3. The molecule has 11 rings (SSSR count). The molecule has 0 bridgehead atoms. The van der Waals surface area contributed by atoms with E-state index in [1.165, 1.54) is 90.2 Å². The maximum Gasteiger partial charge on any atom is 0.472 e. The second kappa shape index (κ2) is 30.3. The number of carbonyl (C=O) groups is 2. The lowest BCUT2D eigenvalue weighted by atomic mass is 9.83. The van der Waals surface area contributed by atoms with Crippen molar-refractivity contribution in [2.24, 2.45) is 17.8 Å². The van der Waals surface area contributed by atoms with Crippen molar-refractivity contribution in [3.63, 3.8) is 0 Å². The molecule has 6 aromatic heterocycles. The fraction of sp³-hybridized carbons (Fsp3) is 0.635. The van der Waals surface area contributed by atoms with Crippen LogP contribution in [0.15, 0.2) is 38.0 Å². The number of aliphatic hydroxyl groups excluding tert-OH is 1. The van der Waals surface area contributed by atoms with E-state index < -0.39 is 103 Å². The van der Waals surface area contributed by atoms with Crippen LogP contribution in [0.3, 0.4) is 0 Å². The number of anilines is 3. The van der Waals surface area contributed by atoms with Gasteiger partial charge in [-0.2, -0.15) is 0 Å². The Balaban J connectivity index is 0.704. The van der Waals surface area contributed by atoms with Gasteiger partial charge in [0.1, 0.15) is 70.9 Å². The summed E-state index contributed by atoms with van der Waals surface area (Å²) in [6.45, 7) is 15.7. The standard InChI is InChI=1S/C63H89N15O17P2/c1-34(2)12-9-13-35(3)14-10-15-36(4)16-11-20-63(8)21-19-43-39(7)52(37(5)38(6)53(43)93-63)92-48(81)18-17-47(80)91-44-23-41(89-60(44)76-31-73-49-54(64)67-28-70-57(49)76)26-86-97(84,85)95-46-24-42(90-62(46)78-33-75-51-56(66)69-30-72-59(51)78)27-87-96(82,83)94-45-22-40(25-79)88-61(45)77-32-74-50-55(65)68-29-71-58(50)77/h28-36,40-42,44-46,60-62,79H,9-27H2,1-8H3,(H,82,83)(H,84,85)(H2,64,67,70)(H2,65,68,71)(H2,66,69,72)/t35?,36?,40-,41-,42-,44+,45+,46+,60+,61+,62+,63?/m0/s1. The van der Waals surface area contributed by atoms with Crippen molar-refractivity contribution in [3.05, 3.63) is 60.2 Å². The molecular weight excluding hydrogens is 1300 g/mol. The summed E-state index contributed by atoms with van der Waals surface area (Å²) in [5, 5.41) is 10.0. The fourth-order valence-corrected chi connectivity index (χ4v) is 15.3. The molecule has 4 aliphatic rings. The zero-order valence-electron chi connectivity index (χ0n) is 55.9. The molecule has 0 saturated carbocycles. The molecule has 5 unspecified atom stereocenters. The molecule has 3 saturated heterocycles. The number of hydrogen-bond donors (Lipinski definition) is 6. The first-order chi connectivity index (χ1) is 46.3. The lowest BCUT2D eigenvalue weighted by molar-refractivity contribution is -0.156. The predicted octanol–water partition coefficient (Wildman–Crippen LogP) is 8.86. The van der Waals surface area contributed by atoms with Crippen LogP contribution in [-0.4, -0.2) is 147 Å². The van der Waals surface area contributed by atoms with E-state index in [0.29, 0.717) is 11.7 Å². The van der Waals surface area contributed by atoms with Gasteiger partial charge in [-0.05, 0) is 87.8 Å². The van der Waals surface area contributed by atoms with Gasteiger partial charge in [-0.15, -0.1) is 0 Å². The lowest BCUT2D eigenvalue weighted by Gasteiger charge is -2.38. The van der Waals surface area contributed by atoms with E-state index in [4.69, 9.17) is 63.7 Å². The third-order valence-electron chi connectivity index (χ3n) is 18.9. The number of ether oxygens (including phenoxy) is 6. The molecule has 0 radical (unpaired) electrons. The van der Waals surface area contributed by atoms with Gasteiger partial charge in [-0.3, -0.25) is 41.4 Å². The molecule has 3 fully saturated rings. The van der Waals surface area contributed by atoms with Crippen molar-refractivity contribution in [1.82, 2.24) is 58.6 Å². The normalized spacial score (nSPS) is 25.3. The molecular formula is C63H89N15O17P2. The Labute approximate surface area is 560 Å². The van der Waals surface area contributed by atoms with E-state index in [2.05, 4.69) is 79.5 Å². The molecule has 0 spiro atoms. The summed E-state index contributed by atoms with van der Waals surface area (Å²) in [5.74, 6) is 2.24. The van der Waals surface area contributed by atoms with Crippen LogP contribution in [0, 0.1) is 38.5 Å². The SMILES string of the molecule is Cc1c(C)c2c(c(C)c1OC(=O)CCC(=O)O[C@@H]1C[C@@H](COP(=O)(O)O[C@@H]3C[C@@H](COP(=O)(O)O[C@@H]4C[C@@H](CO)O[C@H]4n4cnc5c(N)ncnc54)O[C@H]3n3cnc4c(N)ncnc43)O[C@H]1n1cnc3c(N)ncnc31)CCC(C)(CCCC(C)CCCC(C)CCCC(C)C)O2. The van der Waals surface area contributed by atoms with Crippen LogP contribution in [-0.2, 0) is 62.2 Å². The largest absolute Gasteiger partial charge is 0.487 e. The van der Waals surface area contributed by atoms with Gasteiger partial charge in [0.2, 0.25) is 0 Å². The molecule has 1 aromatic carbocycles. The molecule has 97 heavy (non-hydrogen) atoms. The molecule has 4 aliphatic heterocycles. The molecule has 7 aromatic rings. The van der Waals surface area contributed by atoms with E-state index in [1.807, 2.05) is 20.8 Å². The number of esters is 2. The topological polar surface area (TPSA) is 430 Å². The minimum atomic E-state index is -5.13. The van der Waals surface area contributed by atoms with Gasteiger partial charge >= 0.3 is 27.6 Å². The van der Waals surface area contributed by atoms with Crippen LogP contribution in [0.5, 0.6) is 11.5 Å². The summed E-state index contributed by atoms with van der Waals surface area (Å²) in [6, 6.07) is 0. The number of hydrogen-bond acceptors (Lipinski definition) is 27. The first-order valence-corrected chi connectivity index (χ1v) is 36.1. The summed E-state index contributed by atoms with van der Waals surface area (Å²) in [4.78, 5) is 87.9. The first kappa shape index (κ1) is 71.4. The second-order valence-corrected chi connectivity index (χ2v) is 29.6. The summed E-state index contributed by atoms with van der Waals surface area (Å²) < 4.78 is 92.4. The van der Waals surface area contributed by atoms with Crippen molar-refractivity contribution in [1.29, 1.82) is 0 Å². The van der Waals surface area contributed by atoms with E-state index in [-0.39, 0.29) is 88.7 Å². The van der Waals surface area contributed by atoms with E-state index in [0.717, 1.165) is 71.9 Å². The van der Waals surface area contributed by atoms with Gasteiger partial charge in [0, 0.05) is 24.8 Å². The van der Waals surface area contributed by atoms with Crippen LogP contribution >= 0.6 is 15.6 Å². The maximum atomic E-state index is 14.2. The molecule has 0 aliphatic carbocycles. The van der Waals surface area contributed by atoms with Gasteiger partial charge < -0.3 is 60.5 Å². The quantitative estimate of drug-likeness (QED) is 0.0134. The number of fused-ring (bicyclic) bond motifs is 4. The van der Waals surface area contributed by atoms with Gasteiger partial charge in [-0.1, -0.05) is 72.6 Å². The Morgan fingerprint density at radius 1 is 0.608 bits per heavy atom. The average Bonchev–Trinajstić information content (AvgIpc) is 1.18. The third kappa shape index (κ3) is 16.7. The zero-order valence-corrected chi connectivity index (χ0v) is 57.7. The number of nitrogen functional groups attached to an aromatic ring is 3. The number of imidazole rings is 3. The number of carbonyl (C=O) groups excluding carboxylic acids is 2. The minimum Gasteiger partial charge on any atom is -0.487 e. The predicted molar refractivity (Wildman–Crippen MR) is 351 cm³/mol. The highest BCUT2D eigenvalue weighted by atomic mass is 31.2. The van der Waals surface area contributed by atoms with Gasteiger partial charge in [0.05, 0.1) is 70.0 Å². The fourth-order valence-electron chi connectivity index (χ4n) is 13.4. The van der Waals surface area contributed by atoms with Crippen LogP contribution in [0.2, 0.25) is 0 Å². The highest BCUT2D eigenvalue weighted by Gasteiger charge is 2.48. The lowest BCUT2D eigenvalue weighted by Crippen LogP contribution is -2.37. The molecule has 9 N–H and O–H groups in total. The third-order valence-corrected chi connectivity index (χ3v) is 20.9. The van der Waals surface area contributed by atoms with E-state index in [1.54, 1.807) is 0 Å². The smallest absolute Gasteiger partial charge is 0.472 e. The summed E-state index contributed by atoms with van der Waals surface area (Å²) >= 11 is 0. The van der Waals surface area contributed by atoms with Gasteiger partial charge in [0.25, 0.3) is 0 Å². The number of nitrogens with zero attached hydrogens (tertiary/aromatic N) is 12. The van der Waals surface area contributed by atoms with Crippen LogP contribution in [0.1, 0.15) is 172 Å². The second-order valence-electron chi connectivity index (χ2n) is 26.8. The monoisotopic (exact) mass is 1390 g/mol. The van der Waals surface area contributed by atoms with Crippen molar-refractivity contribution in [2.75, 3.05) is 37.0 Å². The van der Waals surface area contributed by atoms with Crippen LogP contribution in [0.4, 0.5) is 17.5 Å². The molecule has 10 heterocycles. The molecule has 34 heteroatoms. The Morgan fingerprint density at radius 2 is 1.05 bits per heavy atom. The highest BCUT2D eigenvalue weighted by Crippen LogP contribution is 2.53. The Kier molecular flexibility index (Phi) is 22.3. The highest BCUT2D eigenvalue weighted by molar-refractivity contribution is 7.47. The summed E-state index contributed by atoms with van der Waals surface area (Å²) in [5.41, 5.74) is 22.7. The van der Waals surface area contributed by atoms with Crippen molar-refractivity contribution in [2.45, 2.75) is 219 Å². The van der Waals surface area contributed by atoms with Gasteiger partial charge in [0.15, 0.2) is 53.1 Å². The number of aliphatic hydroxyl groups is 1. The van der Waals surface area contributed by atoms with Crippen molar-refractivity contribution < 1.29 is 80.1 Å². The van der Waals surface area contributed by atoms with Gasteiger partial charge in [-0.25, -0.2) is 54.0 Å². The molecule has 32 nitrogen and oxygen atoms in total. The van der Waals surface area contributed by atoms with Crippen molar-refractivity contribution >= 4 is 78.5 Å². The summed E-state index contributed by atoms with van der Waals surface area (Å²) in [7, 11) is -10.1. The molecule has 528 valence electrons. The maximum absolute atomic E-state index is 14.2. The molecule has 14 atom stereocenters.